The van der Waals surface area contributed by atoms with Crippen molar-refractivity contribution in [2.45, 2.75) is 91.4 Å². The van der Waals surface area contributed by atoms with Gasteiger partial charge in [-0.2, -0.15) is 0 Å². The van der Waals surface area contributed by atoms with E-state index in [-0.39, 0.29) is 0 Å². The van der Waals surface area contributed by atoms with Crippen LogP contribution in [0.1, 0.15) is 91.4 Å². The quantitative estimate of drug-likeness (QED) is 0.218. The molecule has 0 fully saturated rings. The van der Waals surface area contributed by atoms with Crippen LogP contribution in [0.25, 0.3) is 0 Å². The average Bonchev–Trinajstić information content (AvgIpc) is 2.43. The summed E-state index contributed by atoms with van der Waals surface area (Å²) in [7, 11) is 0. The van der Waals surface area contributed by atoms with E-state index in [0.29, 0.717) is 12.0 Å². The molecule has 0 saturated heterocycles. The number of rotatable bonds is 13. The van der Waals surface area contributed by atoms with Crippen LogP contribution in [-0.4, -0.2) is 12.8 Å². The van der Waals surface area contributed by atoms with Gasteiger partial charge in [-0.15, -0.1) is 0 Å². The van der Waals surface area contributed by atoms with Crippen molar-refractivity contribution in [2.75, 3.05) is 6.61 Å². The lowest BCUT2D eigenvalue weighted by Crippen LogP contribution is -2.04. The van der Waals surface area contributed by atoms with Crippen molar-refractivity contribution < 1.29 is 14.3 Å². The van der Waals surface area contributed by atoms with Crippen LogP contribution < -0.4 is 0 Å². The van der Waals surface area contributed by atoms with Crippen LogP contribution in [0.15, 0.2) is 12.8 Å². The molecule has 0 rings (SSSR count). The Morgan fingerprint density at radius 1 is 0.864 bits per heavy atom. The molecule has 130 valence electrons. The maximum absolute atomic E-state index is 10.9. The molecule has 22 heavy (non-hydrogen) atoms. The Hall–Kier alpha value is -0.990. The molecule has 0 aromatic heterocycles. The van der Waals surface area contributed by atoms with Crippen LogP contribution in [0.4, 0.5) is 4.79 Å². The molecule has 0 aromatic rings. The van der Waals surface area contributed by atoms with Crippen molar-refractivity contribution >= 4 is 6.16 Å². The molecular weight excluding hydrogens is 276 g/mol. The van der Waals surface area contributed by atoms with E-state index in [4.69, 9.17) is 4.74 Å². The maximum Gasteiger partial charge on any atom is 0.513 e. The molecule has 0 aliphatic rings. The van der Waals surface area contributed by atoms with E-state index in [1.165, 1.54) is 57.8 Å². The summed E-state index contributed by atoms with van der Waals surface area (Å²) in [5.41, 5.74) is 0.492. The van der Waals surface area contributed by atoms with E-state index in [2.05, 4.69) is 32.1 Å². The molecule has 0 aliphatic carbocycles. The lowest BCUT2D eigenvalue weighted by Gasteiger charge is -2.17. The number of ether oxygens (including phenoxy) is 2. The third kappa shape index (κ3) is 17.1. The van der Waals surface area contributed by atoms with E-state index in [1.54, 1.807) is 0 Å². The summed E-state index contributed by atoms with van der Waals surface area (Å²) in [4.78, 5) is 10.9. The Morgan fingerprint density at radius 2 is 1.32 bits per heavy atom. The van der Waals surface area contributed by atoms with Crippen molar-refractivity contribution in [3.63, 3.8) is 0 Å². The van der Waals surface area contributed by atoms with Gasteiger partial charge in [-0.1, -0.05) is 85.1 Å². The first-order valence-electron chi connectivity index (χ1n) is 8.90. The van der Waals surface area contributed by atoms with Crippen LogP contribution in [0, 0.1) is 5.41 Å². The molecule has 0 aromatic carbocycles. The second-order valence-electron chi connectivity index (χ2n) is 7.23. The van der Waals surface area contributed by atoms with Gasteiger partial charge >= 0.3 is 6.16 Å². The molecule has 3 heteroatoms. The first-order valence-corrected chi connectivity index (χ1v) is 8.90. The highest BCUT2D eigenvalue weighted by atomic mass is 16.7. The average molecular weight is 312 g/mol. The molecular formula is C19H36O3. The van der Waals surface area contributed by atoms with Gasteiger partial charge in [0.1, 0.15) is 0 Å². The predicted molar refractivity (Wildman–Crippen MR) is 92.9 cm³/mol. The van der Waals surface area contributed by atoms with E-state index >= 15 is 0 Å². The molecule has 0 atom stereocenters. The van der Waals surface area contributed by atoms with Gasteiger partial charge in [0.05, 0.1) is 12.9 Å². The zero-order valence-corrected chi connectivity index (χ0v) is 15.0. The molecule has 0 aliphatic heterocycles. The molecule has 3 nitrogen and oxygen atoms in total. The Balaban J connectivity index is 3.11. The molecule has 0 radical (unpaired) electrons. The van der Waals surface area contributed by atoms with Crippen molar-refractivity contribution in [2.24, 2.45) is 5.41 Å². The number of carbonyl (C=O) groups excluding carboxylic acids is 1. The normalized spacial score (nSPS) is 11.2. The van der Waals surface area contributed by atoms with Gasteiger partial charge < -0.3 is 9.47 Å². The second kappa shape index (κ2) is 13.7. The smallest absolute Gasteiger partial charge is 0.434 e. The van der Waals surface area contributed by atoms with Gasteiger partial charge in [0.25, 0.3) is 0 Å². The van der Waals surface area contributed by atoms with Crippen LogP contribution in [0.2, 0.25) is 0 Å². The van der Waals surface area contributed by atoms with Crippen molar-refractivity contribution in [3.8, 4) is 0 Å². The monoisotopic (exact) mass is 312 g/mol. The standard InChI is InChI=1S/C19H36O3/c1-5-21-18(20)22-17-15-13-11-9-7-6-8-10-12-14-16-19(2,3)4/h5H,1,6-17H2,2-4H3. The van der Waals surface area contributed by atoms with Gasteiger partial charge in [0, 0.05) is 0 Å². The molecule has 0 N–H and O–H groups in total. The van der Waals surface area contributed by atoms with Gasteiger partial charge in [-0.05, 0) is 18.3 Å². The fourth-order valence-electron chi connectivity index (χ4n) is 2.43. The Labute approximate surface area is 137 Å². The van der Waals surface area contributed by atoms with E-state index in [0.717, 1.165) is 19.1 Å². The lowest BCUT2D eigenvalue weighted by atomic mass is 9.89. The zero-order chi connectivity index (χ0) is 16.7. The number of carbonyl (C=O) groups is 1. The molecule has 0 bridgehead atoms. The summed E-state index contributed by atoms with van der Waals surface area (Å²) in [6.45, 7) is 10.7. The van der Waals surface area contributed by atoms with E-state index < -0.39 is 6.16 Å². The fraction of sp³-hybridized carbons (Fsp3) is 0.842. The highest BCUT2D eigenvalue weighted by Crippen LogP contribution is 2.22. The third-order valence-corrected chi connectivity index (χ3v) is 3.72. The minimum Gasteiger partial charge on any atom is -0.434 e. The van der Waals surface area contributed by atoms with Gasteiger partial charge in [-0.3, -0.25) is 0 Å². The van der Waals surface area contributed by atoms with Gasteiger partial charge in [0.15, 0.2) is 0 Å². The van der Waals surface area contributed by atoms with Gasteiger partial charge in [0.2, 0.25) is 0 Å². The largest absolute Gasteiger partial charge is 0.513 e. The first-order chi connectivity index (χ1) is 10.5. The van der Waals surface area contributed by atoms with Crippen LogP contribution in [-0.2, 0) is 9.47 Å². The molecule has 0 saturated carbocycles. The number of hydrogen-bond donors (Lipinski definition) is 0. The molecule has 0 spiro atoms. The molecule has 0 unspecified atom stereocenters. The minimum atomic E-state index is -0.651. The fourth-order valence-corrected chi connectivity index (χ4v) is 2.43. The minimum absolute atomic E-state index is 0.445. The second-order valence-corrected chi connectivity index (χ2v) is 7.23. The predicted octanol–water partition coefficient (Wildman–Crippen LogP) is 6.62. The van der Waals surface area contributed by atoms with Crippen molar-refractivity contribution in [1.29, 1.82) is 0 Å². The summed E-state index contributed by atoms with van der Waals surface area (Å²) >= 11 is 0. The van der Waals surface area contributed by atoms with Crippen LogP contribution in [0.3, 0.4) is 0 Å². The number of unbranched alkanes of at least 4 members (excludes halogenated alkanes) is 9. The SMILES string of the molecule is C=COC(=O)OCCCCCCCCCCCCC(C)(C)C. The van der Waals surface area contributed by atoms with E-state index in [1.807, 2.05) is 0 Å². The highest BCUT2D eigenvalue weighted by Gasteiger charge is 2.08. The Bertz CT molecular complexity index is 279. The maximum atomic E-state index is 10.9. The topological polar surface area (TPSA) is 35.5 Å². The zero-order valence-electron chi connectivity index (χ0n) is 15.0. The summed E-state index contributed by atoms with van der Waals surface area (Å²) in [6.07, 6.45) is 14.5. The Kier molecular flexibility index (Phi) is 13.0. The Morgan fingerprint density at radius 3 is 1.77 bits per heavy atom. The van der Waals surface area contributed by atoms with Gasteiger partial charge in [-0.25, -0.2) is 4.79 Å². The third-order valence-electron chi connectivity index (χ3n) is 3.72. The number of hydrogen-bond acceptors (Lipinski definition) is 3. The molecule has 0 amide bonds. The molecule has 0 heterocycles. The summed E-state index contributed by atoms with van der Waals surface area (Å²) < 4.78 is 9.32. The highest BCUT2D eigenvalue weighted by molar-refractivity contribution is 5.60. The van der Waals surface area contributed by atoms with Crippen molar-refractivity contribution in [1.82, 2.24) is 0 Å². The van der Waals surface area contributed by atoms with Crippen molar-refractivity contribution in [3.05, 3.63) is 12.8 Å². The summed E-state index contributed by atoms with van der Waals surface area (Å²) in [6, 6.07) is 0. The lowest BCUT2D eigenvalue weighted by molar-refractivity contribution is 0.0833. The van der Waals surface area contributed by atoms with Crippen LogP contribution in [0.5, 0.6) is 0 Å². The van der Waals surface area contributed by atoms with E-state index in [9.17, 15) is 4.79 Å². The van der Waals surface area contributed by atoms with Crippen LogP contribution >= 0.6 is 0 Å². The first kappa shape index (κ1) is 21.0. The summed E-state index contributed by atoms with van der Waals surface area (Å²) in [5, 5.41) is 0. The summed E-state index contributed by atoms with van der Waals surface area (Å²) in [5.74, 6) is 0.